The molecule has 0 saturated carbocycles. The third-order valence-electron chi connectivity index (χ3n) is 3.74. The van der Waals surface area contributed by atoms with Gasteiger partial charge in [-0.2, -0.15) is 0 Å². The minimum atomic E-state index is 0.611. The molecule has 2 aromatic heterocycles. The molecule has 0 saturated heterocycles. The summed E-state index contributed by atoms with van der Waals surface area (Å²) in [5, 5.41) is 3.18. The zero-order valence-corrected chi connectivity index (χ0v) is 15.4. The highest BCUT2D eigenvalue weighted by Crippen LogP contribution is 2.23. The van der Waals surface area contributed by atoms with Crippen LogP contribution in [0.4, 0.5) is 11.8 Å². The molecule has 0 unspecified atom stereocenters. The first-order chi connectivity index (χ1) is 11.0. The minimum absolute atomic E-state index is 0.611. The Bertz CT molecular complexity index is 620. The highest BCUT2D eigenvalue weighted by Gasteiger charge is 2.16. The quantitative estimate of drug-likeness (QED) is 0.799. The van der Waals surface area contributed by atoms with E-state index in [1.807, 2.05) is 7.05 Å². The first-order valence-electron chi connectivity index (χ1n) is 8.76. The molecule has 0 spiro atoms. The summed E-state index contributed by atoms with van der Waals surface area (Å²) < 4.78 is 2.18. The molecule has 0 amide bonds. The Kier molecular flexibility index (Phi) is 5.85. The van der Waals surface area contributed by atoms with Crippen molar-refractivity contribution in [2.75, 3.05) is 30.4 Å². The lowest BCUT2D eigenvalue weighted by Gasteiger charge is -2.27. The molecule has 23 heavy (non-hydrogen) atoms. The number of pyridine rings is 1. The largest absolute Gasteiger partial charge is 0.359 e. The maximum atomic E-state index is 4.96. The van der Waals surface area contributed by atoms with Crippen LogP contribution in [-0.2, 0) is 6.54 Å². The lowest BCUT2D eigenvalue weighted by atomic mass is 10.1. The van der Waals surface area contributed by atoms with Crippen LogP contribution < -0.4 is 10.2 Å². The molecule has 1 N–H and O–H groups in total. The van der Waals surface area contributed by atoms with E-state index in [1.54, 1.807) is 0 Å². The highest BCUT2D eigenvalue weighted by molar-refractivity contribution is 5.76. The van der Waals surface area contributed by atoms with Gasteiger partial charge in [0.15, 0.2) is 5.65 Å². The summed E-state index contributed by atoms with van der Waals surface area (Å²) in [6, 6.07) is 4.20. The summed E-state index contributed by atoms with van der Waals surface area (Å²) in [6.07, 6.45) is 1.06. The molecule has 0 bridgehead atoms. The van der Waals surface area contributed by atoms with Crippen molar-refractivity contribution in [1.29, 1.82) is 0 Å². The van der Waals surface area contributed by atoms with Crippen molar-refractivity contribution in [3.05, 3.63) is 12.1 Å². The van der Waals surface area contributed by atoms with Gasteiger partial charge in [0.1, 0.15) is 11.3 Å². The number of hydrogen-bond donors (Lipinski definition) is 1. The van der Waals surface area contributed by atoms with E-state index in [1.165, 1.54) is 0 Å². The second-order valence-corrected chi connectivity index (χ2v) is 7.04. The van der Waals surface area contributed by atoms with Crippen molar-refractivity contribution >= 4 is 22.9 Å². The van der Waals surface area contributed by atoms with Crippen molar-refractivity contribution in [3.8, 4) is 0 Å². The maximum Gasteiger partial charge on any atom is 0.204 e. The first-order valence-corrected chi connectivity index (χ1v) is 8.76. The normalized spacial score (nSPS) is 11.7. The van der Waals surface area contributed by atoms with Crippen molar-refractivity contribution in [2.24, 2.45) is 11.8 Å². The molecule has 5 nitrogen and oxygen atoms in total. The smallest absolute Gasteiger partial charge is 0.204 e. The van der Waals surface area contributed by atoms with Gasteiger partial charge in [0, 0.05) is 26.7 Å². The van der Waals surface area contributed by atoms with Crippen LogP contribution in [0.5, 0.6) is 0 Å². The van der Waals surface area contributed by atoms with E-state index in [0.29, 0.717) is 11.8 Å². The number of imidazole rings is 1. The average molecular weight is 317 g/mol. The molecule has 0 fully saturated rings. The Labute approximate surface area is 140 Å². The van der Waals surface area contributed by atoms with Crippen LogP contribution in [0.15, 0.2) is 12.1 Å². The molecule has 2 heterocycles. The molecule has 128 valence electrons. The molecule has 2 aromatic rings. The minimum Gasteiger partial charge on any atom is -0.359 e. The summed E-state index contributed by atoms with van der Waals surface area (Å²) in [4.78, 5) is 12.0. The third kappa shape index (κ3) is 4.15. The van der Waals surface area contributed by atoms with E-state index in [0.717, 1.165) is 49.0 Å². The lowest BCUT2D eigenvalue weighted by molar-refractivity contribution is 0.549. The Balaban J connectivity index is 2.44. The summed E-state index contributed by atoms with van der Waals surface area (Å²) in [6.45, 7) is 14.2. The molecule has 0 aliphatic carbocycles. The van der Waals surface area contributed by atoms with Gasteiger partial charge in [0.25, 0.3) is 0 Å². The molecule has 0 atom stereocenters. The summed E-state index contributed by atoms with van der Waals surface area (Å²) >= 11 is 0. The maximum absolute atomic E-state index is 4.96. The molecule has 0 aliphatic rings. The summed E-state index contributed by atoms with van der Waals surface area (Å²) in [7, 11) is 1.91. The van der Waals surface area contributed by atoms with E-state index in [-0.39, 0.29) is 0 Å². The van der Waals surface area contributed by atoms with Crippen LogP contribution in [-0.4, -0.2) is 34.7 Å². The molecular weight excluding hydrogens is 286 g/mol. The van der Waals surface area contributed by atoms with Gasteiger partial charge >= 0.3 is 0 Å². The second-order valence-electron chi connectivity index (χ2n) is 7.04. The van der Waals surface area contributed by atoms with E-state index in [4.69, 9.17) is 4.98 Å². The van der Waals surface area contributed by atoms with Crippen LogP contribution in [0.1, 0.15) is 41.0 Å². The van der Waals surface area contributed by atoms with Gasteiger partial charge in [0.2, 0.25) is 5.95 Å². The zero-order chi connectivity index (χ0) is 17.0. The Hall–Kier alpha value is -1.78. The van der Waals surface area contributed by atoms with Crippen LogP contribution >= 0.6 is 0 Å². The Morgan fingerprint density at radius 2 is 1.74 bits per heavy atom. The Morgan fingerprint density at radius 1 is 1.09 bits per heavy atom. The lowest BCUT2D eigenvalue weighted by Crippen LogP contribution is -2.32. The number of aromatic nitrogens is 3. The van der Waals surface area contributed by atoms with Gasteiger partial charge < -0.3 is 10.2 Å². The van der Waals surface area contributed by atoms with Gasteiger partial charge in [-0.05, 0) is 30.4 Å². The van der Waals surface area contributed by atoms with Crippen LogP contribution in [0.2, 0.25) is 0 Å². The van der Waals surface area contributed by atoms with Crippen molar-refractivity contribution < 1.29 is 0 Å². The predicted molar refractivity (Wildman–Crippen MR) is 99.3 cm³/mol. The number of nitrogens with one attached hydrogen (secondary N) is 1. The van der Waals surface area contributed by atoms with Gasteiger partial charge in [-0.25, -0.2) is 9.97 Å². The predicted octanol–water partition coefficient (Wildman–Crippen LogP) is 4.00. The second kappa shape index (κ2) is 7.66. The first kappa shape index (κ1) is 17.6. The van der Waals surface area contributed by atoms with Gasteiger partial charge in [-0.3, -0.25) is 4.57 Å². The standard InChI is InChI=1S/C18H31N5/c1-7-10-23-17-15(20-18(23)19-6)8-9-16(21-17)22(11-13(2)3)12-14(4)5/h8-9,13-14H,7,10-12H2,1-6H3,(H,19,20). The van der Waals surface area contributed by atoms with Crippen molar-refractivity contribution in [3.63, 3.8) is 0 Å². The molecule has 0 aliphatic heterocycles. The Morgan fingerprint density at radius 3 is 2.26 bits per heavy atom. The number of fused-ring (bicyclic) bond motifs is 1. The monoisotopic (exact) mass is 317 g/mol. The molecule has 0 aromatic carbocycles. The van der Waals surface area contributed by atoms with Crippen LogP contribution in [0.3, 0.4) is 0 Å². The molecule has 0 radical (unpaired) electrons. The van der Waals surface area contributed by atoms with Crippen LogP contribution in [0, 0.1) is 11.8 Å². The fourth-order valence-electron chi connectivity index (χ4n) is 2.94. The number of aryl methyl sites for hydroxylation is 1. The topological polar surface area (TPSA) is 46.0 Å². The van der Waals surface area contributed by atoms with Crippen molar-refractivity contribution in [1.82, 2.24) is 14.5 Å². The van der Waals surface area contributed by atoms with E-state index >= 15 is 0 Å². The van der Waals surface area contributed by atoms with Crippen LogP contribution in [0.25, 0.3) is 11.2 Å². The number of hydrogen-bond acceptors (Lipinski definition) is 4. The van der Waals surface area contributed by atoms with Crippen molar-refractivity contribution in [2.45, 2.75) is 47.6 Å². The fraction of sp³-hybridized carbons (Fsp3) is 0.667. The summed E-state index contributed by atoms with van der Waals surface area (Å²) in [5.74, 6) is 3.17. The zero-order valence-electron chi connectivity index (χ0n) is 15.4. The van der Waals surface area contributed by atoms with E-state index in [2.05, 4.69) is 66.5 Å². The number of nitrogens with zero attached hydrogens (tertiary/aromatic N) is 4. The number of anilines is 2. The molecule has 2 rings (SSSR count). The van der Waals surface area contributed by atoms with Gasteiger partial charge in [-0.15, -0.1) is 0 Å². The SMILES string of the molecule is CCCn1c(NC)nc2ccc(N(CC(C)C)CC(C)C)nc21. The van der Waals surface area contributed by atoms with E-state index < -0.39 is 0 Å². The summed E-state index contributed by atoms with van der Waals surface area (Å²) in [5.41, 5.74) is 1.94. The molecular formula is C18H31N5. The third-order valence-corrected chi connectivity index (χ3v) is 3.74. The highest BCUT2D eigenvalue weighted by atomic mass is 15.3. The number of rotatable bonds is 8. The fourth-order valence-corrected chi connectivity index (χ4v) is 2.94. The molecule has 5 heteroatoms. The van der Waals surface area contributed by atoms with E-state index in [9.17, 15) is 0 Å². The average Bonchev–Trinajstić information content (AvgIpc) is 2.83. The van der Waals surface area contributed by atoms with Gasteiger partial charge in [-0.1, -0.05) is 34.6 Å². The van der Waals surface area contributed by atoms with Gasteiger partial charge in [0.05, 0.1) is 0 Å².